The van der Waals surface area contributed by atoms with Crippen molar-refractivity contribution in [3.05, 3.63) is 41.2 Å². The number of hydrogen-bond donors (Lipinski definition) is 0. The number of rotatable bonds is 5. The second-order valence-electron chi connectivity index (χ2n) is 7.60. The van der Waals surface area contributed by atoms with Gasteiger partial charge in [0.05, 0.1) is 6.10 Å². The lowest BCUT2D eigenvalue weighted by Crippen LogP contribution is -2.42. The number of carbonyl (C=O) groups excluding carboxylic acids is 1. The quantitative estimate of drug-likeness (QED) is 0.626. The number of aryl methyl sites for hydroxylation is 1. The van der Waals surface area contributed by atoms with Gasteiger partial charge in [-0.2, -0.15) is 0 Å². The number of ether oxygens (including phenoxy) is 3. The molecule has 0 aliphatic carbocycles. The number of halogens is 2. The molecule has 9 heteroatoms. The van der Waals surface area contributed by atoms with E-state index in [1.165, 1.54) is 13.3 Å². The Morgan fingerprint density at radius 3 is 2.50 bits per heavy atom. The molecule has 0 spiro atoms. The molecule has 1 aromatic carbocycles. The molecule has 32 heavy (non-hydrogen) atoms. The summed E-state index contributed by atoms with van der Waals surface area (Å²) in [5.41, 5.74) is 0.399. The lowest BCUT2D eigenvalue weighted by molar-refractivity contribution is 0.0506. The average Bonchev–Trinajstić information content (AvgIpc) is 2.74. The van der Waals surface area contributed by atoms with Gasteiger partial charge in [0.15, 0.2) is 11.6 Å². The Balaban J connectivity index is 1.75. The molecular formula is C23H25F2N3O4. The number of nitrogens with zero attached hydrogens (tertiary/aromatic N) is 3. The van der Waals surface area contributed by atoms with Crippen LogP contribution in [0.25, 0.3) is 0 Å². The van der Waals surface area contributed by atoms with E-state index in [0.29, 0.717) is 25.9 Å². The van der Waals surface area contributed by atoms with E-state index >= 15 is 0 Å². The van der Waals surface area contributed by atoms with Crippen LogP contribution in [-0.2, 0) is 4.74 Å². The van der Waals surface area contributed by atoms with Gasteiger partial charge in [-0.3, -0.25) is 0 Å². The van der Waals surface area contributed by atoms with Crippen LogP contribution in [0.5, 0.6) is 17.5 Å². The van der Waals surface area contributed by atoms with Crippen LogP contribution in [0.15, 0.2) is 18.5 Å². The minimum Gasteiger partial charge on any atom is -0.473 e. The van der Waals surface area contributed by atoms with Crippen molar-refractivity contribution in [2.24, 2.45) is 0 Å². The first kappa shape index (κ1) is 23.3. The summed E-state index contributed by atoms with van der Waals surface area (Å²) in [7, 11) is 0. The first-order valence-corrected chi connectivity index (χ1v) is 10.3. The molecule has 0 N–H and O–H groups in total. The molecule has 1 aliphatic rings. The van der Waals surface area contributed by atoms with Gasteiger partial charge in [-0.25, -0.2) is 23.5 Å². The SMILES string of the molecule is CC#Cc1c(Oc2cc(F)c(C)cc2F)ncnc1OC1CCN(C(=O)OC(C)C)CC1. The van der Waals surface area contributed by atoms with Gasteiger partial charge in [-0.1, -0.05) is 5.92 Å². The lowest BCUT2D eigenvalue weighted by Gasteiger charge is -2.31. The molecule has 0 unspecified atom stereocenters. The van der Waals surface area contributed by atoms with E-state index in [1.54, 1.807) is 25.7 Å². The Labute approximate surface area is 185 Å². The molecule has 2 heterocycles. The fourth-order valence-electron chi connectivity index (χ4n) is 3.15. The summed E-state index contributed by atoms with van der Waals surface area (Å²) in [6.45, 7) is 7.64. The van der Waals surface area contributed by atoms with Crippen molar-refractivity contribution in [2.45, 2.75) is 52.7 Å². The number of aromatic nitrogens is 2. The number of hydrogen-bond acceptors (Lipinski definition) is 6. The molecule has 0 saturated carbocycles. The van der Waals surface area contributed by atoms with Crippen molar-refractivity contribution in [2.75, 3.05) is 13.1 Å². The molecule has 2 aromatic rings. The Morgan fingerprint density at radius 2 is 1.84 bits per heavy atom. The van der Waals surface area contributed by atoms with E-state index in [4.69, 9.17) is 14.2 Å². The summed E-state index contributed by atoms with van der Waals surface area (Å²) in [4.78, 5) is 21.9. The zero-order valence-corrected chi connectivity index (χ0v) is 18.4. The van der Waals surface area contributed by atoms with Gasteiger partial charge < -0.3 is 19.1 Å². The fraction of sp³-hybridized carbons (Fsp3) is 0.435. The molecule has 7 nitrogen and oxygen atoms in total. The van der Waals surface area contributed by atoms with Crippen molar-refractivity contribution in [3.8, 4) is 29.4 Å². The third-order valence-corrected chi connectivity index (χ3v) is 4.76. The van der Waals surface area contributed by atoms with Crippen molar-refractivity contribution >= 4 is 6.09 Å². The topological polar surface area (TPSA) is 73.8 Å². The summed E-state index contributed by atoms with van der Waals surface area (Å²) < 4.78 is 44.9. The highest BCUT2D eigenvalue weighted by Crippen LogP contribution is 2.31. The number of benzene rings is 1. The first-order chi connectivity index (χ1) is 15.3. The third-order valence-electron chi connectivity index (χ3n) is 4.76. The van der Waals surface area contributed by atoms with Crippen LogP contribution in [0, 0.1) is 30.4 Å². The molecule has 1 aromatic heterocycles. The molecule has 170 valence electrons. The van der Waals surface area contributed by atoms with E-state index < -0.39 is 11.6 Å². The number of amides is 1. The highest BCUT2D eigenvalue weighted by Gasteiger charge is 2.27. The minimum atomic E-state index is -0.721. The van der Waals surface area contributed by atoms with Gasteiger partial charge in [0.1, 0.15) is 23.8 Å². The van der Waals surface area contributed by atoms with E-state index in [9.17, 15) is 13.6 Å². The van der Waals surface area contributed by atoms with Gasteiger partial charge >= 0.3 is 6.09 Å². The zero-order chi connectivity index (χ0) is 23.3. The molecule has 0 radical (unpaired) electrons. The van der Waals surface area contributed by atoms with Gasteiger partial charge in [0.2, 0.25) is 11.8 Å². The Kier molecular flexibility index (Phi) is 7.46. The molecule has 0 atom stereocenters. The summed E-state index contributed by atoms with van der Waals surface area (Å²) >= 11 is 0. The summed E-state index contributed by atoms with van der Waals surface area (Å²) in [6, 6.07) is 2.01. The Morgan fingerprint density at radius 1 is 1.16 bits per heavy atom. The van der Waals surface area contributed by atoms with Crippen LogP contribution in [-0.4, -0.2) is 46.3 Å². The summed E-state index contributed by atoms with van der Waals surface area (Å²) in [6.07, 6.45) is 1.61. The maximum absolute atomic E-state index is 14.2. The molecule has 1 saturated heterocycles. The van der Waals surface area contributed by atoms with E-state index in [0.717, 1.165) is 12.1 Å². The van der Waals surface area contributed by atoms with Crippen LogP contribution < -0.4 is 9.47 Å². The second kappa shape index (κ2) is 10.3. The second-order valence-corrected chi connectivity index (χ2v) is 7.60. The van der Waals surface area contributed by atoms with Gasteiger partial charge in [-0.05, 0) is 39.3 Å². The van der Waals surface area contributed by atoms with E-state index in [2.05, 4.69) is 21.8 Å². The van der Waals surface area contributed by atoms with E-state index in [1.807, 2.05) is 0 Å². The average molecular weight is 445 g/mol. The van der Waals surface area contributed by atoms with Crippen molar-refractivity contribution in [1.82, 2.24) is 14.9 Å². The number of likely N-dealkylation sites (tertiary alicyclic amines) is 1. The molecule has 1 amide bonds. The zero-order valence-electron chi connectivity index (χ0n) is 18.4. The minimum absolute atomic E-state index is 0.0375. The molecule has 0 bridgehead atoms. The van der Waals surface area contributed by atoms with Crippen molar-refractivity contribution < 1.29 is 27.8 Å². The largest absolute Gasteiger partial charge is 0.473 e. The normalized spacial score (nSPS) is 14.0. The Bertz CT molecular complexity index is 1040. The van der Waals surface area contributed by atoms with Gasteiger partial charge in [-0.15, -0.1) is 5.92 Å². The fourth-order valence-corrected chi connectivity index (χ4v) is 3.15. The summed E-state index contributed by atoms with van der Waals surface area (Å²) in [5, 5.41) is 0. The predicted octanol–water partition coefficient (Wildman–Crippen LogP) is 4.62. The first-order valence-electron chi connectivity index (χ1n) is 10.3. The maximum Gasteiger partial charge on any atom is 0.410 e. The monoisotopic (exact) mass is 445 g/mol. The van der Waals surface area contributed by atoms with Crippen molar-refractivity contribution in [3.63, 3.8) is 0 Å². The molecular weight excluding hydrogens is 420 g/mol. The highest BCUT2D eigenvalue weighted by molar-refractivity contribution is 5.67. The maximum atomic E-state index is 14.2. The predicted molar refractivity (Wildman–Crippen MR) is 113 cm³/mol. The van der Waals surface area contributed by atoms with Crippen LogP contribution in [0.1, 0.15) is 44.7 Å². The molecule has 1 aliphatic heterocycles. The molecule has 3 rings (SSSR count). The van der Waals surface area contributed by atoms with Crippen LogP contribution in [0.2, 0.25) is 0 Å². The Hall–Kier alpha value is -3.41. The number of piperidine rings is 1. The van der Waals surface area contributed by atoms with Crippen LogP contribution in [0.4, 0.5) is 13.6 Å². The standard InChI is InChI=1S/C23H25F2N3O4/c1-5-6-17-21(31-16-7-9-28(10-8-16)23(29)30-14(2)3)26-13-27-22(17)32-20-12-18(24)15(4)11-19(20)25/h11-14,16H,7-10H2,1-4H3. The lowest BCUT2D eigenvalue weighted by atomic mass is 10.1. The smallest absolute Gasteiger partial charge is 0.410 e. The number of carbonyl (C=O) groups is 1. The molecule has 1 fully saturated rings. The third kappa shape index (κ3) is 5.63. The van der Waals surface area contributed by atoms with Gasteiger partial charge in [0.25, 0.3) is 0 Å². The van der Waals surface area contributed by atoms with Crippen LogP contribution >= 0.6 is 0 Å². The highest BCUT2D eigenvalue weighted by atomic mass is 19.1. The van der Waals surface area contributed by atoms with Crippen molar-refractivity contribution in [1.29, 1.82) is 0 Å². The van der Waals surface area contributed by atoms with Crippen LogP contribution in [0.3, 0.4) is 0 Å². The van der Waals surface area contributed by atoms with Gasteiger partial charge in [0, 0.05) is 32.0 Å². The summed E-state index contributed by atoms with van der Waals surface area (Å²) in [5.74, 6) is 4.07. The van der Waals surface area contributed by atoms with E-state index in [-0.39, 0.29) is 46.9 Å².